The molecule has 16 heavy (non-hydrogen) atoms. The van der Waals surface area contributed by atoms with Crippen molar-refractivity contribution in [3.8, 4) is 0 Å². The lowest BCUT2D eigenvalue weighted by molar-refractivity contribution is -0.144. The first-order chi connectivity index (χ1) is 7.50. The normalized spacial score (nSPS) is 13.4. The predicted octanol–water partition coefficient (Wildman–Crippen LogP) is 3.00. The van der Waals surface area contributed by atoms with E-state index in [9.17, 15) is 4.79 Å². The monoisotopic (exact) mass is 229 g/mol. The maximum Gasteiger partial charge on any atom is 0.321 e. The Balaban J connectivity index is 3.84. The molecule has 0 bridgehead atoms. The maximum atomic E-state index is 11.1. The summed E-state index contributed by atoms with van der Waals surface area (Å²) in [4.78, 5) is 13.0. The molecule has 0 amide bonds. The van der Waals surface area contributed by atoms with Gasteiger partial charge in [-0.2, -0.15) is 0 Å². The van der Waals surface area contributed by atoms with Gasteiger partial charge >= 0.3 is 5.97 Å². The fourth-order valence-electron chi connectivity index (χ4n) is 2.09. The van der Waals surface area contributed by atoms with Gasteiger partial charge in [-0.05, 0) is 25.9 Å². The Labute approximate surface area is 99.8 Å². The third-order valence-electron chi connectivity index (χ3n) is 2.97. The molecule has 3 nitrogen and oxygen atoms in total. The molecule has 0 saturated heterocycles. The number of carboxylic acids is 1. The van der Waals surface area contributed by atoms with Crippen molar-refractivity contribution in [1.29, 1.82) is 0 Å². The fraction of sp³-hybridized carbons (Fsp3) is 0.923. The van der Waals surface area contributed by atoms with Crippen molar-refractivity contribution in [3.63, 3.8) is 0 Å². The summed E-state index contributed by atoms with van der Waals surface area (Å²) in [6.45, 7) is 7.02. The molecule has 0 spiro atoms. The highest BCUT2D eigenvalue weighted by Crippen LogP contribution is 2.11. The molecule has 96 valence electrons. The van der Waals surface area contributed by atoms with Crippen molar-refractivity contribution in [1.82, 2.24) is 4.90 Å². The quantitative estimate of drug-likeness (QED) is 0.618. The molecule has 0 aromatic carbocycles. The number of nitrogens with zero attached hydrogens (tertiary/aromatic N) is 1. The Morgan fingerprint density at radius 2 is 1.75 bits per heavy atom. The smallest absolute Gasteiger partial charge is 0.321 e. The zero-order chi connectivity index (χ0) is 12.6. The number of hydrogen-bond acceptors (Lipinski definition) is 2. The number of rotatable bonds is 9. The van der Waals surface area contributed by atoms with Crippen molar-refractivity contribution in [3.05, 3.63) is 0 Å². The van der Waals surface area contributed by atoms with Gasteiger partial charge in [0.2, 0.25) is 0 Å². The standard InChI is InChI=1S/C13H27NO2/c1-5-6-7-8-9-10-14(4)12(11(2)3)13(15)16/h11-12H,5-10H2,1-4H3,(H,15,16)/t12-/m0/s1. The Morgan fingerprint density at radius 3 is 2.19 bits per heavy atom. The number of carboxylic acid groups (broad SMARTS) is 1. The van der Waals surface area contributed by atoms with E-state index < -0.39 is 5.97 Å². The zero-order valence-electron chi connectivity index (χ0n) is 11.2. The van der Waals surface area contributed by atoms with Gasteiger partial charge in [0.25, 0.3) is 0 Å². The van der Waals surface area contributed by atoms with Crippen molar-refractivity contribution < 1.29 is 9.90 Å². The van der Waals surface area contributed by atoms with Gasteiger partial charge < -0.3 is 5.11 Å². The van der Waals surface area contributed by atoms with Crippen molar-refractivity contribution >= 4 is 5.97 Å². The van der Waals surface area contributed by atoms with E-state index in [0.29, 0.717) is 0 Å². The van der Waals surface area contributed by atoms with E-state index in [4.69, 9.17) is 5.11 Å². The third-order valence-corrected chi connectivity index (χ3v) is 2.97. The van der Waals surface area contributed by atoms with Crippen LogP contribution in [0, 0.1) is 5.92 Å². The topological polar surface area (TPSA) is 40.5 Å². The fourth-order valence-corrected chi connectivity index (χ4v) is 2.09. The third kappa shape index (κ3) is 6.11. The number of likely N-dealkylation sites (N-methyl/N-ethyl adjacent to an activating group) is 1. The first-order valence-electron chi connectivity index (χ1n) is 6.43. The van der Waals surface area contributed by atoms with Crippen LogP contribution in [0.4, 0.5) is 0 Å². The summed E-state index contributed by atoms with van der Waals surface area (Å²) in [5, 5.41) is 9.11. The molecule has 0 radical (unpaired) electrons. The van der Waals surface area contributed by atoms with E-state index in [1.54, 1.807) is 0 Å². The highest BCUT2D eigenvalue weighted by Gasteiger charge is 2.25. The molecule has 0 saturated carbocycles. The van der Waals surface area contributed by atoms with E-state index in [0.717, 1.165) is 13.0 Å². The Bertz CT molecular complexity index is 192. The molecular weight excluding hydrogens is 202 g/mol. The van der Waals surface area contributed by atoms with E-state index >= 15 is 0 Å². The predicted molar refractivity (Wildman–Crippen MR) is 67.7 cm³/mol. The average molecular weight is 229 g/mol. The van der Waals surface area contributed by atoms with Gasteiger partial charge in [-0.1, -0.05) is 46.5 Å². The molecule has 0 aliphatic rings. The van der Waals surface area contributed by atoms with E-state index in [2.05, 4.69) is 6.92 Å². The number of aliphatic carboxylic acids is 1. The molecule has 0 aliphatic heterocycles. The Morgan fingerprint density at radius 1 is 1.19 bits per heavy atom. The van der Waals surface area contributed by atoms with Crippen LogP contribution in [0.1, 0.15) is 52.9 Å². The van der Waals surface area contributed by atoms with Gasteiger partial charge in [0.15, 0.2) is 0 Å². The van der Waals surface area contributed by atoms with E-state index in [-0.39, 0.29) is 12.0 Å². The van der Waals surface area contributed by atoms with Crippen molar-refractivity contribution in [2.24, 2.45) is 5.92 Å². The summed E-state index contributed by atoms with van der Waals surface area (Å²) < 4.78 is 0. The second-order valence-corrected chi connectivity index (χ2v) is 4.92. The molecule has 1 N–H and O–H groups in total. The van der Waals surface area contributed by atoms with Gasteiger partial charge in [-0.15, -0.1) is 0 Å². The molecule has 3 heteroatoms. The molecule has 0 aromatic heterocycles. The molecular formula is C13H27NO2. The van der Waals surface area contributed by atoms with Crippen LogP contribution in [0.3, 0.4) is 0 Å². The van der Waals surface area contributed by atoms with Gasteiger partial charge in [0.1, 0.15) is 6.04 Å². The van der Waals surface area contributed by atoms with E-state index in [1.807, 2.05) is 25.8 Å². The highest BCUT2D eigenvalue weighted by atomic mass is 16.4. The molecule has 0 aliphatic carbocycles. The zero-order valence-corrected chi connectivity index (χ0v) is 11.2. The summed E-state index contributed by atoms with van der Waals surface area (Å²) in [6, 6.07) is -0.342. The second-order valence-electron chi connectivity index (χ2n) is 4.92. The summed E-state index contributed by atoms with van der Waals surface area (Å²) in [5.74, 6) is -0.538. The summed E-state index contributed by atoms with van der Waals surface area (Å²) in [6.07, 6.45) is 6.12. The van der Waals surface area contributed by atoms with Crippen LogP contribution in [0.15, 0.2) is 0 Å². The second kappa shape index (κ2) is 8.57. The highest BCUT2D eigenvalue weighted by molar-refractivity contribution is 5.73. The largest absolute Gasteiger partial charge is 0.480 e. The summed E-state index contributed by atoms with van der Waals surface area (Å²) in [7, 11) is 1.92. The lowest BCUT2D eigenvalue weighted by Gasteiger charge is -2.27. The minimum atomic E-state index is -0.703. The Kier molecular flexibility index (Phi) is 8.26. The van der Waals surface area contributed by atoms with E-state index in [1.165, 1.54) is 25.7 Å². The Hall–Kier alpha value is -0.570. The first kappa shape index (κ1) is 15.4. The van der Waals surface area contributed by atoms with Crippen LogP contribution < -0.4 is 0 Å². The summed E-state index contributed by atoms with van der Waals surface area (Å²) >= 11 is 0. The van der Waals surface area contributed by atoms with Crippen molar-refractivity contribution in [2.75, 3.05) is 13.6 Å². The van der Waals surface area contributed by atoms with Crippen molar-refractivity contribution in [2.45, 2.75) is 58.9 Å². The van der Waals surface area contributed by atoms with Gasteiger partial charge in [-0.25, -0.2) is 0 Å². The molecule has 0 rings (SSSR count). The molecule has 0 heterocycles. The molecule has 0 fully saturated rings. The van der Waals surface area contributed by atoms with Gasteiger partial charge in [0.05, 0.1) is 0 Å². The molecule has 1 atom stereocenters. The van der Waals surface area contributed by atoms with Crippen LogP contribution in [0.2, 0.25) is 0 Å². The minimum Gasteiger partial charge on any atom is -0.480 e. The first-order valence-corrected chi connectivity index (χ1v) is 6.43. The van der Waals surface area contributed by atoms with Crippen LogP contribution >= 0.6 is 0 Å². The van der Waals surface area contributed by atoms with Crippen LogP contribution in [0.25, 0.3) is 0 Å². The van der Waals surface area contributed by atoms with Crippen LogP contribution in [-0.4, -0.2) is 35.6 Å². The number of hydrogen-bond donors (Lipinski definition) is 1. The minimum absolute atomic E-state index is 0.165. The lowest BCUT2D eigenvalue weighted by atomic mass is 10.0. The number of unbranched alkanes of at least 4 members (excludes halogenated alkanes) is 4. The van der Waals surface area contributed by atoms with Gasteiger partial charge in [-0.3, -0.25) is 9.69 Å². The SMILES string of the molecule is CCCCCCCN(C)[C@H](C(=O)O)C(C)C. The van der Waals surface area contributed by atoms with Gasteiger partial charge in [0, 0.05) is 0 Å². The lowest BCUT2D eigenvalue weighted by Crippen LogP contribution is -2.42. The average Bonchev–Trinajstić information content (AvgIpc) is 2.16. The van der Waals surface area contributed by atoms with Crippen LogP contribution in [-0.2, 0) is 4.79 Å². The molecule has 0 aromatic rings. The maximum absolute atomic E-state index is 11.1. The summed E-state index contributed by atoms with van der Waals surface area (Å²) in [5.41, 5.74) is 0. The molecule has 0 unspecified atom stereocenters. The van der Waals surface area contributed by atoms with Crippen LogP contribution in [0.5, 0.6) is 0 Å². The number of carbonyl (C=O) groups is 1.